The SMILES string of the molecule is c1ccc(C2N=C(c3cccc4oc5cc(-n6c7ccccc7c7ccccc76)ccc5c34)N=C(c3ccc4oc5ccccc5c4c3)N2)cc1. The summed E-state index contributed by atoms with van der Waals surface area (Å²) in [6.07, 6.45) is -0.333. The molecule has 1 unspecified atom stereocenters. The molecule has 1 atom stereocenters. The standard InChI is InChI=1S/C45H28N4O2/c1-2-11-27(12-3-1)43-46-44(28-21-24-39-35(25-28)32-15-6-9-19-38(32)50-39)48-45(47-43)34-16-10-20-40-42(34)33-23-22-29(26-41(33)51-40)49-36-17-7-4-13-30(36)31-14-5-8-18-37(31)49/h1-26,43H,(H,46,47,48). The lowest BCUT2D eigenvalue weighted by atomic mass is 10.0. The largest absolute Gasteiger partial charge is 0.456 e. The van der Waals surface area contributed by atoms with E-state index in [1.807, 2.05) is 54.6 Å². The van der Waals surface area contributed by atoms with Crippen molar-refractivity contribution in [2.24, 2.45) is 9.98 Å². The summed E-state index contributed by atoms with van der Waals surface area (Å²) in [6, 6.07) is 54.4. The van der Waals surface area contributed by atoms with Crippen LogP contribution in [0.2, 0.25) is 0 Å². The van der Waals surface area contributed by atoms with E-state index in [1.54, 1.807) is 0 Å². The quantitative estimate of drug-likeness (QED) is 0.205. The fourth-order valence-corrected chi connectivity index (χ4v) is 7.74. The number of nitrogens with one attached hydrogen (secondary N) is 1. The summed E-state index contributed by atoms with van der Waals surface area (Å²) in [5, 5.41) is 10.2. The third-order valence-electron chi connectivity index (χ3n) is 10.1. The molecule has 3 aromatic heterocycles. The van der Waals surface area contributed by atoms with Crippen LogP contribution in [0.15, 0.2) is 177 Å². The Bertz CT molecular complexity index is 3020. The summed E-state index contributed by atoms with van der Waals surface area (Å²) >= 11 is 0. The molecule has 6 nitrogen and oxygen atoms in total. The molecule has 1 aliphatic rings. The zero-order valence-corrected chi connectivity index (χ0v) is 27.2. The minimum Gasteiger partial charge on any atom is -0.456 e. The normalized spacial score (nSPS) is 14.9. The molecule has 0 saturated heterocycles. The van der Waals surface area contributed by atoms with Gasteiger partial charge in [-0.15, -0.1) is 0 Å². The van der Waals surface area contributed by atoms with Gasteiger partial charge in [-0.3, -0.25) is 0 Å². The highest BCUT2D eigenvalue weighted by Crippen LogP contribution is 2.37. The van der Waals surface area contributed by atoms with E-state index in [0.29, 0.717) is 5.84 Å². The second-order valence-corrected chi connectivity index (χ2v) is 13.0. The molecule has 0 radical (unpaired) electrons. The van der Waals surface area contributed by atoms with Gasteiger partial charge >= 0.3 is 0 Å². The van der Waals surface area contributed by atoms with Crippen molar-refractivity contribution in [1.82, 2.24) is 9.88 Å². The van der Waals surface area contributed by atoms with E-state index >= 15 is 0 Å². The monoisotopic (exact) mass is 656 g/mol. The molecule has 0 amide bonds. The first-order chi connectivity index (χ1) is 25.3. The smallest absolute Gasteiger partial charge is 0.160 e. The number of hydrogen-bond donors (Lipinski definition) is 1. The average molecular weight is 657 g/mol. The van der Waals surface area contributed by atoms with E-state index in [0.717, 1.165) is 83.1 Å². The maximum atomic E-state index is 6.61. The van der Waals surface area contributed by atoms with E-state index in [-0.39, 0.29) is 6.17 Å². The molecule has 1 aliphatic heterocycles. The van der Waals surface area contributed by atoms with Crippen molar-refractivity contribution in [3.8, 4) is 5.69 Å². The molecular weight excluding hydrogens is 629 g/mol. The lowest BCUT2D eigenvalue weighted by molar-refractivity contribution is 0.667. The Morgan fingerprint density at radius 2 is 1.20 bits per heavy atom. The lowest BCUT2D eigenvalue weighted by Crippen LogP contribution is -2.33. The summed E-state index contributed by atoms with van der Waals surface area (Å²) in [7, 11) is 0. The van der Waals surface area contributed by atoms with E-state index in [1.165, 1.54) is 10.8 Å². The third kappa shape index (κ3) is 4.30. The Labute approximate surface area is 291 Å². The van der Waals surface area contributed by atoms with Gasteiger partial charge in [-0.2, -0.15) is 0 Å². The van der Waals surface area contributed by atoms with E-state index in [4.69, 9.17) is 18.8 Å². The van der Waals surface area contributed by atoms with Gasteiger partial charge in [0.15, 0.2) is 5.84 Å². The Hall–Kier alpha value is -6.92. The van der Waals surface area contributed by atoms with Crippen molar-refractivity contribution in [3.63, 3.8) is 0 Å². The Morgan fingerprint density at radius 3 is 2.02 bits per heavy atom. The van der Waals surface area contributed by atoms with Crippen LogP contribution in [0.5, 0.6) is 0 Å². The molecule has 51 heavy (non-hydrogen) atoms. The number of benzene rings is 7. The minimum atomic E-state index is -0.333. The first-order valence-electron chi connectivity index (χ1n) is 17.1. The van der Waals surface area contributed by atoms with Gasteiger partial charge in [0, 0.05) is 55.2 Å². The number of nitrogens with zero attached hydrogens (tertiary/aromatic N) is 3. The van der Waals surface area contributed by atoms with Crippen LogP contribution in [0.25, 0.3) is 71.4 Å². The van der Waals surface area contributed by atoms with E-state index in [2.05, 4.69) is 113 Å². The summed E-state index contributed by atoms with van der Waals surface area (Å²) in [4.78, 5) is 10.4. The lowest BCUT2D eigenvalue weighted by Gasteiger charge is -2.24. The molecule has 240 valence electrons. The first kappa shape index (κ1) is 28.0. The van der Waals surface area contributed by atoms with Gasteiger partial charge < -0.3 is 18.7 Å². The second-order valence-electron chi connectivity index (χ2n) is 13.0. The number of amidine groups is 2. The molecule has 7 aromatic carbocycles. The van der Waals surface area contributed by atoms with Crippen molar-refractivity contribution in [3.05, 3.63) is 174 Å². The van der Waals surface area contributed by atoms with Gasteiger partial charge in [0.25, 0.3) is 0 Å². The molecule has 4 heterocycles. The second kappa shape index (κ2) is 10.8. The zero-order chi connectivity index (χ0) is 33.5. The molecule has 11 rings (SSSR count). The predicted molar refractivity (Wildman–Crippen MR) is 207 cm³/mol. The molecule has 1 N–H and O–H groups in total. The van der Waals surface area contributed by atoms with Crippen LogP contribution >= 0.6 is 0 Å². The maximum absolute atomic E-state index is 6.61. The van der Waals surface area contributed by atoms with Crippen LogP contribution in [0.1, 0.15) is 22.9 Å². The number of aromatic nitrogens is 1. The van der Waals surface area contributed by atoms with Crippen molar-refractivity contribution >= 4 is 77.4 Å². The highest BCUT2D eigenvalue weighted by Gasteiger charge is 2.24. The van der Waals surface area contributed by atoms with Crippen LogP contribution in [0.3, 0.4) is 0 Å². The topological polar surface area (TPSA) is 68.0 Å². The molecule has 0 bridgehead atoms. The van der Waals surface area contributed by atoms with Crippen LogP contribution in [0.4, 0.5) is 0 Å². The van der Waals surface area contributed by atoms with E-state index < -0.39 is 0 Å². The molecule has 10 aromatic rings. The summed E-state index contributed by atoms with van der Waals surface area (Å²) in [6.45, 7) is 0. The van der Waals surface area contributed by atoms with Crippen LogP contribution in [-0.2, 0) is 0 Å². The average Bonchev–Trinajstić information content (AvgIpc) is 3.87. The zero-order valence-electron chi connectivity index (χ0n) is 27.2. The maximum Gasteiger partial charge on any atom is 0.160 e. The van der Waals surface area contributed by atoms with Crippen molar-refractivity contribution < 1.29 is 8.83 Å². The number of para-hydroxylation sites is 3. The van der Waals surface area contributed by atoms with Crippen LogP contribution in [-0.4, -0.2) is 16.2 Å². The van der Waals surface area contributed by atoms with Crippen LogP contribution < -0.4 is 5.32 Å². The Morgan fingerprint density at radius 1 is 0.510 bits per heavy atom. The van der Waals surface area contributed by atoms with Crippen molar-refractivity contribution in [1.29, 1.82) is 0 Å². The van der Waals surface area contributed by atoms with Crippen LogP contribution in [0, 0.1) is 0 Å². The third-order valence-corrected chi connectivity index (χ3v) is 10.1. The Balaban J connectivity index is 1.09. The Kier molecular flexibility index (Phi) is 5.92. The minimum absolute atomic E-state index is 0.333. The summed E-state index contributed by atoms with van der Waals surface area (Å²) in [5.41, 5.74) is 9.63. The van der Waals surface area contributed by atoms with Gasteiger partial charge in [-0.05, 0) is 60.2 Å². The molecule has 0 aliphatic carbocycles. The molecule has 6 heteroatoms. The van der Waals surface area contributed by atoms with Gasteiger partial charge in [-0.1, -0.05) is 97.1 Å². The van der Waals surface area contributed by atoms with Crippen molar-refractivity contribution in [2.45, 2.75) is 6.17 Å². The molecular formula is C45H28N4O2. The number of hydrogen-bond acceptors (Lipinski definition) is 5. The highest BCUT2D eigenvalue weighted by molar-refractivity contribution is 6.22. The summed E-state index contributed by atoms with van der Waals surface area (Å²) < 4.78 is 15.1. The van der Waals surface area contributed by atoms with Gasteiger partial charge in [-0.25, -0.2) is 9.98 Å². The fraction of sp³-hybridized carbons (Fsp3) is 0.0222. The predicted octanol–water partition coefficient (Wildman–Crippen LogP) is 11.1. The van der Waals surface area contributed by atoms with Crippen molar-refractivity contribution in [2.75, 3.05) is 0 Å². The number of rotatable bonds is 4. The molecule has 0 spiro atoms. The van der Waals surface area contributed by atoms with Gasteiger partial charge in [0.2, 0.25) is 0 Å². The van der Waals surface area contributed by atoms with E-state index in [9.17, 15) is 0 Å². The fourth-order valence-electron chi connectivity index (χ4n) is 7.74. The number of aliphatic imine (C=N–C) groups is 2. The first-order valence-corrected chi connectivity index (χ1v) is 17.1. The van der Waals surface area contributed by atoms with Gasteiger partial charge in [0.1, 0.15) is 34.3 Å². The number of furan rings is 2. The highest BCUT2D eigenvalue weighted by atomic mass is 16.3. The number of fused-ring (bicyclic) bond motifs is 9. The molecule has 0 fully saturated rings. The molecule has 0 saturated carbocycles. The van der Waals surface area contributed by atoms with Gasteiger partial charge in [0.05, 0.1) is 11.0 Å². The summed E-state index contributed by atoms with van der Waals surface area (Å²) in [5.74, 6) is 1.40.